The predicted molar refractivity (Wildman–Crippen MR) is 76.2 cm³/mol. The molecule has 0 aliphatic carbocycles. The number of halogens is 1. The lowest BCUT2D eigenvalue weighted by atomic mass is 9.95. The number of benzene rings is 1. The molecule has 0 bridgehead atoms. The zero-order chi connectivity index (χ0) is 14.9. The van der Waals surface area contributed by atoms with Gasteiger partial charge in [0.1, 0.15) is 5.82 Å². The Morgan fingerprint density at radius 2 is 2.10 bits per heavy atom. The van der Waals surface area contributed by atoms with Crippen molar-refractivity contribution in [2.45, 2.75) is 24.3 Å². The van der Waals surface area contributed by atoms with Crippen molar-refractivity contribution >= 4 is 15.7 Å². The van der Waals surface area contributed by atoms with Crippen LogP contribution >= 0.6 is 0 Å². The molecule has 0 saturated carbocycles. The largest absolute Gasteiger partial charge is 0.399 e. The minimum Gasteiger partial charge on any atom is -0.399 e. The third-order valence-corrected chi connectivity index (χ3v) is 5.09. The van der Waals surface area contributed by atoms with Crippen molar-refractivity contribution in [2.75, 3.05) is 25.9 Å². The van der Waals surface area contributed by atoms with E-state index in [2.05, 4.69) is 9.62 Å². The van der Waals surface area contributed by atoms with Crippen LogP contribution in [0.15, 0.2) is 23.1 Å². The summed E-state index contributed by atoms with van der Waals surface area (Å²) in [5.74, 6) is -0.448. The summed E-state index contributed by atoms with van der Waals surface area (Å²) in [6.45, 7) is 3.67. The van der Waals surface area contributed by atoms with E-state index in [9.17, 15) is 12.8 Å². The second kappa shape index (κ2) is 5.67. The average molecular weight is 301 g/mol. The highest BCUT2D eigenvalue weighted by Gasteiger charge is 2.28. The van der Waals surface area contributed by atoms with Gasteiger partial charge in [0.25, 0.3) is 0 Å². The van der Waals surface area contributed by atoms with Crippen molar-refractivity contribution < 1.29 is 12.8 Å². The number of likely N-dealkylation sites (tertiary alicyclic amines) is 1. The zero-order valence-electron chi connectivity index (χ0n) is 11.6. The van der Waals surface area contributed by atoms with Crippen LogP contribution in [0, 0.1) is 11.7 Å². The van der Waals surface area contributed by atoms with Gasteiger partial charge in [0.15, 0.2) is 0 Å². The van der Waals surface area contributed by atoms with Gasteiger partial charge in [-0.05, 0) is 44.1 Å². The molecule has 3 N–H and O–H groups in total. The summed E-state index contributed by atoms with van der Waals surface area (Å²) in [6.07, 6.45) is 0.738. The van der Waals surface area contributed by atoms with E-state index in [4.69, 9.17) is 5.73 Å². The quantitative estimate of drug-likeness (QED) is 0.818. The average Bonchev–Trinajstić information content (AvgIpc) is 2.31. The molecule has 0 amide bonds. The molecule has 5 nitrogen and oxygen atoms in total. The molecule has 2 unspecified atom stereocenters. The van der Waals surface area contributed by atoms with E-state index in [1.807, 2.05) is 14.0 Å². The molecule has 2 rings (SSSR count). The number of sulfonamides is 1. The zero-order valence-corrected chi connectivity index (χ0v) is 12.5. The topological polar surface area (TPSA) is 75.4 Å². The SMILES string of the molecule is CC1CN(C)CCC1NS(=O)(=O)c1cc(N)cc(F)c1. The maximum Gasteiger partial charge on any atom is 0.241 e. The molecular formula is C13H20FN3O2S. The Hall–Kier alpha value is -1.18. The lowest BCUT2D eigenvalue weighted by molar-refractivity contribution is 0.188. The lowest BCUT2D eigenvalue weighted by Gasteiger charge is -2.34. The van der Waals surface area contributed by atoms with Gasteiger partial charge in [-0.3, -0.25) is 0 Å². The Morgan fingerprint density at radius 1 is 1.40 bits per heavy atom. The van der Waals surface area contributed by atoms with Crippen LogP contribution in [0.2, 0.25) is 0 Å². The number of anilines is 1. The van der Waals surface area contributed by atoms with Gasteiger partial charge >= 0.3 is 0 Å². The second-order valence-corrected chi connectivity index (χ2v) is 7.19. The summed E-state index contributed by atoms with van der Waals surface area (Å²) >= 11 is 0. The Kier molecular flexibility index (Phi) is 4.31. The van der Waals surface area contributed by atoms with E-state index in [1.165, 1.54) is 6.07 Å². The summed E-state index contributed by atoms with van der Waals surface area (Å²) in [7, 11) is -1.74. The fourth-order valence-electron chi connectivity index (χ4n) is 2.54. The molecule has 1 aliphatic heterocycles. The van der Waals surface area contributed by atoms with Crippen molar-refractivity contribution in [3.05, 3.63) is 24.0 Å². The van der Waals surface area contributed by atoms with Crippen LogP contribution < -0.4 is 10.5 Å². The Bertz CT molecular complexity index is 571. The molecule has 1 aromatic carbocycles. The predicted octanol–water partition coefficient (Wildman–Crippen LogP) is 1.03. The minimum atomic E-state index is -3.74. The monoisotopic (exact) mass is 301 g/mol. The highest BCUT2D eigenvalue weighted by molar-refractivity contribution is 7.89. The standard InChI is InChI=1S/C13H20FN3O2S/c1-9-8-17(2)4-3-13(9)16-20(18,19)12-6-10(14)5-11(15)7-12/h5-7,9,13,16H,3-4,8,15H2,1-2H3. The maximum atomic E-state index is 13.3. The Labute approximate surface area is 119 Å². The van der Waals surface area contributed by atoms with Crippen molar-refractivity contribution in [3.8, 4) is 0 Å². The first-order valence-electron chi connectivity index (χ1n) is 6.55. The fraction of sp³-hybridized carbons (Fsp3) is 0.538. The van der Waals surface area contributed by atoms with Gasteiger partial charge in [-0.2, -0.15) is 0 Å². The van der Waals surface area contributed by atoms with Gasteiger partial charge in [-0.25, -0.2) is 17.5 Å². The van der Waals surface area contributed by atoms with Crippen molar-refractivity contribution in [3.63, 3.8) is 0 Å². The highest BCUT2D eigenvalue weighted by Crippen LogP contribution is 2.20. The normalized spacial score (nSPS) is 24.8. The van der Waals surface area contributed by atoms with Crippen LogP contribution in [0.4, 0.5) is 10.1 Å². The molecule has 1 fully saturated rings. The lowest BCUT2D eigenvalue weighted by Crippen LogP contribution is -2.48. The van der Waals surface area contributed by atoms with Crippen LogP contribution in [-0.2, 0) is 10.0 Å². The van der Waals surface area contributed by atoms with Gasteiger partial charge < -0.3 is 10.6 Å². The van der Waals surface area contributed by atoms with Crippen LogP contribution in [-0.4, -0.2) is 39.5 Å². The molecule has 1 aromatic rings. The molecule has 7 heteroatoms. The van der Waals surface area contributed by atoms with Gasteiger partial charge in [-0.1, -0.05) is 6.92 Å². The van der Waals surface area contributed by atoms with Crippen LogP contribution in [0.5, 0.6) is 0 Å². The van der Waals surface area contributed by atoms with Crippen LogP contribution in [0.3, 0.4) is 0 Å². The first-order valence-corrected chi connectivity index (χ1v) is 8.03. The number of nitrogens with one attached hydrogen (secondary N) is 1. The van der Waals surface area contributed by atoms with E-state index in [-0.39, 0.29) is 22.5 Å². The van der Waals surface area contributed by atoms with E-state index >= 15 is 0 Å². The molecule has 112 valence electrons. The number of hydrogen-bond acceptors (Lipinski definition) is 4. The van der Waals surface area contributed by atoms with E-state index in [1.54, 1.807) is 0 Å². The number of piperidine rings is 1. The molecule has 1 aliphatic rings. The minimum absolute atomic E-state index is 0.0989. The van der Waals surface area contributed by atoms with Crippen molar-refractivity contribution in [1.29, 1.82) is 0 Å². The third kappa shape index (κ3) is 3.47. The summed E-state index contributed by atoms with van der Waals surface area (Å²) in [4.78, 5) is 2.04. The molecule has 20 heavy (non-hydrogen) atoms. The van der Waals surface area contributed by atoms with Crippen LogP contribution in [0.25, 0.3) is 0 Å². The molecule has 2 atom stereocenters. The highest BCUT2D eigenvalue weighted by atomic mass is 32.2. The van der Waals surface area contributed by atoms with Gasteiger partial charge in [0, 0.05) is 18.3 Å². The Balaban J connectivity index is 2.19. The molecule has 0 radical (unpaired) electrons. The molecule has 1 saturated heterocycles. The Morgan fingerprint density at radius 3 is 2.70 bits per heavy atom. The number of hydrogen-bond donors (Lipinski definition) is 2. The molecule has 0 spiro atoms. The van der Waals surface area contributed by atoms with Crippen molar-refractivity contribution in [2.24, 2.45) is 5.92 Å². The number of nitrogens with zero attached hydrogens (tertiary/aromatic N) is 1. The van der Waals surface area contributed by atoms with E-state index in [0.29, 0.717) is 0 Å². The maximum absolute atomic E-state index is 13.3. The molecule has 0 aromatic heterocycles. The molecule has 1 heterocycles. The smallest absolute Gasteiger partial charge is 0.241 e. The van der Waals surface area contributed by atoms with E-state index in [0.717, 1.165) is 31.6 Å². The van der Waals surface area contributed by atoms with E-state index < -0.39 is 15.8 Å². The first kappa shape index (κ1) is 15.2. The first-order chi connectivity index (χ1) is 9.28. The third-order valence-electron chi connectivity index (χ3n) is 3.62. The summed E-state index contributed by atoms with van der Waals surface area (Å²) < 4.78 is 40.5. The number of rotatable bonds is 3. The summed E-state index contributed by atoms with van der Waals surface area (Å²) in [5.41, 5.74) is 5.59. The van der Waals surface area contributed by atoms with Gasteiger partial charge in [0.2, 0.25) is 10.0 Å². The number of nitrogen functional groups attached to an aromatic ring is 1. The van der Waals surface area contributed by atoms with Crippen molar-refractivity contribution in [1.82, 2.24) is 9.62 Å². The van der Waals surface area contributed by atoms with Gasteiger partial charge in [0.05, 0.1) is 4.90 Å². The molecular weight excluding hydrogens is 281 g/mol. The summed E-state index contributed by atoms with van der Waals surface area (Å²) in [6, 6.07) is 3.21. The fourth-order valence-corrected chi connectivity index (χ4v) is 3.98. The van der Waals surface area contributed by atoms with Gasteiger partial charge in [-0.15, -0.1) is 0 Å². The second-order valence-electron chi connectivity index (χ2n) is 5.48. The number of nitrogens with two attached hydrogens (primary N) is 1. The summed E-state index contributed by atoms with van der Waals surface area (Å²) in [5, 5.41) is 0. The van der Waals surface area contributed by atoms with Crippen LogP contribution in [0.1, 0.15) is 13.3 Å².